The van der Waals surface area contributed by atoms with Crippen LogP contribution in [0.1, 0.15) is 37.6 Å². The predicted octanol–water partition coefficient (Wildman–Crippen LogP) is 1.36. The molecular formula is C19H27N3O6S. The summed E-state index contributed by atoms with van der Waals surface area (Å²) in [5.74, 6) is -0.987. The van der Waals surface area contributed by atoms with Gasteiger partial charge in [0.15, 0.2) is 6.61 Å². The van der Waals surface area contributed by atoms with Crippen molar-refractivity contribution in [1.82, 2.24) is 14.9 Å². The molecule has 0 bridgehead atoms. The van der Waals surface area contributed by atoms with Crippen molar-refractivity contribution in [3.63, 3.8) is 0 Å². The lowest BCUT2D eigenvalue weighted by Crippen LogP contribution is -2.42. The maximum absolute atomic E-state index is 12.8. The highest BCUT2D eigenvalue weighted by Gasteiger charge is 2.31. The van der Waals surface area contributed by atoms with Gasteiger partial charge in [0.25, 0.3) is 5.91 Å². The summed E-state index contributed by atoms with van der Waals surface area (Å²) < 4.78 is 32.0. The number of carbonyl (C=O) groups is 3. The van der Waals surface area contributed by atoms with Crippen molar-refractivity contribution in [2.24, 2.45) is 11.8 Å². The smallest absolute Gasteiger partial charge is 0.338 e. The van der Waals surface area contributed by atoms with E-state index in [9.17, 15) is 22.8 Å². The average Bonchev–Trinajstić information content (AvgIpc) is 2.65. The number of rotatable bonds is 6. The number of nitrogens with zero attached hydrogens (tertiary/aromatic N) is 1. The molecule has 0 aliphatic carbocycles. The highest BCUT2D eigenvalue weighted by atomic mass is 32.2. The van der Waals surface area contributed by atoms with E-state index < -0.39 is 34.5 Å². The zero-order valence-corrected chi connectivity index (χ0v) is 17.6. The Morgan fingerprint density at radius 2 is 1.69 bits per heavy atom. The van der Waals surface area contributed by atoms with Crippen molar-refractivity contribution in [3.05, 3.63) is 29.8 Å². The molecule has 9 nitrogen and oxygen atoms in total. The maximum Gasteiger partial charge on any atom is 0.338 e. The fourth-order valence-corrected chi connectivity index (χ4v) is 4.98. The van der Waals surface area contributed by atoms with Gasteiger partial charge in [0, 0.05) is 19.6 Å². The first-order valence-electron chi connectivity index (χ1n) is 9.48. The van der Waals surface area contributed by atoms with E-state index in [-0.39, 0.29) is 22.3 Å². The van der Waals surface area contributed by atoms with Crippen molar-refractivity contribution >= 4 is 27.9 Å². The van der Waals surface area contributed by atoms with E-state index in [1.54, 1.807) is 6.92 Å². The minimum atomic E-state index is -3.64. The molecule has 10 heteroatoms. The lowest BCUT2D eigenvalue weighted by molar-refractivity contribution is -0.123. The van der Waals surface area contributed by atoms with Gasteiger partial charge in [0.2, 0.25) is 10.0 Å². The van der Waals surface area contributed by atoms with Gasteiger partial charge < -0.3 is 10.1 Å². The molecule has 0 radical (unpaired) electrons. The minimum absolute atomic E-state index is 0.101. The van der Waals surface area contributed by atoms with Crippen LogP contribution in [0, 0.1) is 11.8 Å². The molecule has 0 unspecified atom stereocenters. The molecule has 0 spiro atoms. The highest BCUT2D eigenvalue weighted by Crippen LogP contribution is 2.26. The molecule has 29 heavy (non-hydrogen) atoms. The number of hydrogen-bond donors (Lipinski definition) is 2. The molecule has 1 aliphatic rings. The van der Waals surface area contributed by atoms with Crippen LogP contribution < -0.4 is 10.6 Å². The third kappa shape index (κ3) is 6.26. The van der Waals surface area contributed by atoms with Crippen LogP contribution in [0.25, 0.3) is 0 Å². The topological polar surface area (TPSA) is 122 Å². The first-order chi connectivity index (χ1) is 13.6. The number of carbonyl (C=O) groups excluding carboxylic acids is 3. The monoisotopic (exact) mass is 425 g/mol. The average molecular weight is 426 g/mol. The van der Waals surface area contributed by atoms with Gasteiger partial charge in [-0.15, -0.1) is 0 Å². The van der Waals surface area contributed by atoms with Gasteiger partial charge in [-0.25, -0.2) is 18.0 Å². The van der Waals surface area contributed by atoms with E-state index in [4.69, 9.17) is 4.74 Å². The van der Waals surface area contributed by atoms with Crippen molar-refractivity contribution in [2.45, 2.75) is 32.1 Å². The van der Waals surface area contributed by atoms with E-state index in [1.807, 2.05) is 19.2 Å². The Morgan fingerprint density at radius 1 is 1.10 bits per heavy atom. The van der Waals surface area contributed by atoms with Crippen LogP contribution in [-0.4, -0.2) is 56.9 Å². The maximum atomic E-state index is 12.8. The number of imide groups is 1. The normalized spacial score (nSPS) is 20.0. The Hall–Kier alpha value is -2.46. The van der Waals surface area contributed by atoms with E-state index in [0.717, 1.165) is 6.42 Å². The van der Waals surface area contributed by atoms with Crippen LogP contribution in [-0.2, 0) is 19.6 Å². The van der Waals surface area contributed by atoms with Crippen molar-refractivity contribution in [2.75, 3.05) is 26.2 Å². The number of nitrogens with one attached hydrogen (secondary N) is 2. The van der Waals surface area contributed by atoms with Crippen LogP contribution in [0.15, 0.2) is 29.2 Å². The molecular weight excluding hydrogens is 398 g/mol. The third-order valence-corrected chi connectivity index (χ3v) is 6.33. The zero-order chi connectivity index (χ0) is 21.6. The Balaban J connectivity index is 1.97. The second-order valence-corrected chi connectivity index (χ2v) is 9.21. The Labute approximate surface area is 170 Å². The molecule has 2 N–H and O–H groups in total. The van der Waals surface area contributed by atoms with Gasteiger partial charge in [-0.1, -0.05) is 13.8 Å². The molecule has 1 aromatic rings. The van der Waals surface area contributed by atoms with E-state index >= 15 is 0 Å². The minimum Gasteiger partial charge on any atom is -0.452 e. The number of urea groups is 1. The van der Waals surface area contributed by atoms with Crippen LogP contribution in [0.3, 0.4) is 0 Å². The fraction of sp³-hybridized carbons (Fsp3) is 0.526. The molecule has 0 aromatic heterocycles. The lowest BCUT2D eigenvalue weighted by Gasteiger charge is -2.34. The first-order valence-corrected chi connectivity index (χ1v) is 10.9. The molecule has 1 heterocycles. The summed E-state index contributed by atoms with van der Waals surface area (Å²) in [5, 5.41) is 4.39. The molecule has 1 aromatic carbocycles. The van der Waals surface area contributed by atoms with Gasteiger partial charge in [0.05, 0.1) is 10.5 Å². The Morgan fingerprint density at radius 3 is 2.24 bits per heavy atom. The van der Waals surface area contributed by atoms with Crippen LogP contribution >= 0.6 is 0 Å². The lowest BCUT2D eigenvalue weighted by atomic mass is 9.94. The highest BCUT2D eigenvalue weighted by molar-refractivity contribution is 7.89. The zero-order valence-electron chi connectivity index (χ0n) is 16.8. The molecule has 2 atom stereocenters. The summed E-state index contributed by atoms with van der Waals surface area (Å²) in [6.45, 7) is 6.41. The second kappa shape index (κ2) is 9.84. The van der Waals surface area contributed by atoms with Crippen LogP contribution in [0.4, 0.5) is 4.79 Å². The molecule has 2 rings (SSSR count). The van der Waals surface area contributed by atoms with Crippen molar-refractivity contribution in [3.8, 4) is 0 Å². The van der Waals surface area contributed by atoms with E-state index in [2.05, 4.69) is 5.32 Å². The summed E-state index contributed by atoms with van der Waals surface area (Å²) in [4.78, 5) is 34.9. The SMILES string of the molecule is CCNC(=O)NC(=O)COC(=O)c1ccc(S(=O)(=O)N2C[C@H](C)C[C@H](C)C2)cc1. The standard InChI is InChI=1S/C19H27N3O6S/c1-4-20-19(25)21-17(23)12-28-18(24)15-5-7-16(8-6-15)29(26,27)22-10-13(2)9-14(3)11-22/h5-8,13-14H,4,9-12H2,1-3H3,(H2,20,21,23,25)/t13-,14+. The Kier molecular flexibility index (Phi) is 7.74. The molecule has 1 aliphatic heterocycles. The summed E-state index contributed by atoms with van der Waals surface area (Å²) in [5.41, 5.74) is 0.107. The quantitative estimate of drug-likeness (QED) is 0.664. The summed E-state index contributed by atoms with van der Waals surface area (Å²) in [6, 6.07) is 4.71. The third-order valence-electron chi connectivity index (χ3n) is 4.49. The molecule has 0 saturated carbocycles. The molecule has 1 saturated heterocycles. The number of sulfonamides is 1. The van der Waals surface area contributed by atoms with E-state index in [1.165, 1.54) is 28.6 Å². The summed E-state index contributed by atoms with van der Waals surface area (Å²) in [6.07, 6.45) is 0.991. The van der Waals surface area contributed by atoms with E-state index in [0.29, 0.717) is 19.6 Å². The summed E-state index contributed by atoms with van der Waals surface area (Å²) in [7, 11) is -3.64. The summed E-state index contributed by atoms with van der Waals surface area (Å²) >= 11 is 0. The van der Waals surface area contributed by atoms with Gasteiger partial charge in [0.1, 0.15) is 0 Å². The molecule has 3 amide bonds. The number of ether oxygens (including phenoxy) is 1. The number of hydrogen-bond acceptors (Lipinski definition) is 6. The number of amides is 3. The van der Waals surface area contributed by atoms with Gasteiger partial charge >= 0.3 is 12.0 Å². The Bertz CT molecular complexity index is 843. The van der Waals surface area contributed by atoms with Crippen molar-refractivity contribution < 1.29 is 27.5 Å². The van der Waals surface area contributed by atoms with Crippen LogP contribution in [0.2, 0.25) is 0 Å². The fourth-order valence-electron chi connectivity index (χ4n) is 3.30. The number of esters is 1. The molecule has 1 fully saturated rings. The first kappa shape index (κ1) is 22.8. The predicted molar refractivity (Wildman–Crippen MR) is 106 cm³/mol. The number of benzene rings is 1. The largest absolute Gasteiger partial charge is 0.452 e. The van der Waals surface area contributed by atoms with Crippen molar-refractivity contribution in [1.29, 1.82) is 0 Å². The van der Waals surface area contributed by atoms with Gasteiger partial charge in [-0.2, -0.15) is 4.31 Å². The number of piperidine rings is 1. The van der Waals surface area contributed by atoms with Gasteiger partial charge in [-0.05, 0) is 49.4 Å². The van der Waals surface area contributed by atoms with Crippen LogP contribution in [0.5, 0.6) is 0 Å². The second-order valence-electron chi connectivity index (χ2n) is 7.28. The molecule has 160 valence electrons. The van der Waals surface area contributed by atoms with Gasteiger partial charge in [-0.3, -0.25) is 10.1 Å².